The first-order valence-electron chi connectivity index (χ1n) is 11.8. The number of carbonyl (C=O) groups is 3. The number of nitrogens with zero attached hydrogens (tertiary/aromatic N) is 2. The second-order valence-corrected chi connectivity index (χ2v) is 9.12. The zero-order valence-corrected chi connectivity index (χ0v) is 19.7. The van der Waals surface area contributed by atoms with E-state index in [9.17, 15) is 27.6 Å². The van der Waals surface area contributed by atoms with Gasteiger partial charge in [0.2, 0.25) is 5.91 Å². The zero-order valence-electron chi connectivity index (χ0n) is 19.7. The number of anilines is 1. The van der Waals surface area contributed by atoms with Crippen LogP contribution in [0.15, 0.2) is 48.5 Å². The van der Waals surface area contributed by atoms with Gasteiger partial charge >= 0.3 is 12.3 Å². The van der Waals surface area contributed by atoms with E-state index in [4.69, 9.17) is 5.11 Å². The highest BCUT2D eigenvalue weighted by Gasteiger charge is 2.48. The molecule has 1 aliphatic heterocycles. The van der Waals surface area contributed by atoms with E-state index in [1.807, 2.05) is 18.2 Å². The largest absolute Gasteiger partial charge is 0.573 e. The summed E-state index contributed by atoms with van der Waals surface area (Å²) in [4.78, 5) is 40.8. The van der Waals surface area contributed by atoms with Crippen LogP contribution in [0.3, 0.4) is 0 Å². The fourth-order valence-corrected chi connectivity index (χ4v) is 5.51. The summed E-state index contributed by atoms with van der Waals surface area (Å²) < 4.78 is 41.5. The van der Waals surface area contributed by atoms with E-state index in [0.29, 0.717) is 18.7 Å². The monoisotopic (exact) mass is 504 g/mol. The molecule has 2 aliphatic rings. The van der Waals surface area contributed by atoms with Crippen LogP contribution in [0.5, 0.6) is 5.75 Å². The normalized spacial score (nSPS) is 20.9. The zero-order chi connectivity index (χ0) is 26.0. The minimum Gasteiger partial charge on any atom is -0.481 e. The highest BCUT2D eigenvalue weighted by molar-refractivity contribution is 6.07. The van der Waals surface area contributed by atoms with Gasteiger partial charge in [0.15, 0.2) is 0 Å². The van der Waals surface area contributed by atoms with Gasteiger partial charge in [-0.3, -0.25) is 14.4 Å². The van der Waals surface area contributed by atoms with Crippen LogP contribution in [0.1, 0.15) is 61.0 Å². The minimum atomic E-state index is -4.82. The van der Waals surface area contributed by atoms with Gasteiger partial charge in [-0.05, 0) is 55.2 Å². The van der Waals surface area contributed by atoms with Crippen molar-refractivity contribution in [2.24, 2.45) is 5.92 Å². The number of carboxylic acid groups (broad SMARTS) is 1. The number of fused-ring (bicyclic) bond motifs is 2. The standard InChI is InChI=1S/C26H27F3N2O5/c1-16(32)30(15-5-10-23(33)34)24-19-6-2-3-8-21(19)31(22-9-4-7-20(22)24)25(35)17-11-13-18(14-12-17)36-26(27,28)29/h2-3,6,8,11-14,20,22,24H,4-5,7,9-10,15H2,1H3,(H,33,34). The second-order valence-electron chi connectivity index (χ2n) is 9.12. The predicted octanol–water partition coefficient (Wildman–Crippen LogP) is 5.17. The fourth-order valence-electron chi connectivity index (χ4n) is 5.51. The van der Waals surface area contributed by atoms with Crippen LogP contribution >= 0.6 is 0 Å². The molecule has 1 fully saturated rings. The number of para-hydroxylation sites is 1. The van der Waals surface area contributed by atoms with Gasteiger partial charge in [0.25, 0.3) is 5.91 Å². The van der Waals surface area contributed by atoms with Crippen LogP contribution in [-0.4, -0.2) is 46.7 Å². The summed E-state index contributed by atoms with van der Waals surface area (Å²) in [5.74, 6) is -1.88. The van der Waals surface area contributed by atoms with E-state index in [1.54, 1.807) is 15.9 Å². The molecule has 1 N–H and O–H groups in total. The van der Waals surface area contributed by atoms with Gasteiger partial charge in [-0.2, -0.15) is 0 Å². The molecule has 2 amide bonds. The molecule has 1 aliphatic carbocycles. The Morgan fingerprint density at radius 1 is 1.08 bits per heavy atom. The topological polar surface area (TPSA) is 87.2 Å². The lowest BCUT2D eigenvalue weighted by atomic mass is 9.81. The lowest BCUT2D eigenvalue weighted by Crippen LogP contribution is -2.52. The molecule has 7 nitrogen and oxygen atoms in total. The minimum absolute atomic E-state index is 0.0505. The van der Waals surface area contributed by atoms with E-state index in [-0.39, 0.29) is 41.8 Å². The molecule has 1 saturated carbocycles. The molecule has 4 rings (SSSR count). The number of rotatable bonds is 7. The first-order chi connectivity index (χ1) is 17.1. The van der Waals surface area contributed by atoms with Crippen molar-refractivity contribution < 1.29 is 37.4 Å². The highest BCUT2D eigenvalue weighted by Crippen LogP contribution is 2.50. The Bertz CT molecular complexity index is 1140. The number of hydrogen-bond acceptors (Lipinski definition) is 4. The van der Waals surface area contributed by atoms with Crippen molar-refractivity contribution in [1.29, 1.82) is 0 Å². The van der Waals surface area contributed by atoms with E-state index < -0.39 is 18.1 Å². The Balaban J connectivity index is 1.68. The van der Waals surface area contributed by atoms with Gasteiger partial charge in [-0.25, -0.2) is 0 Å². The molecule has 0 spiro atoms. The van der Waals surface area contributed by atoms with E-state index >= 15 is 0 Å². The number of halogens is 3. The lowest BCUT2D eigenvalue weighted by molar-refractivity contribution is -0.274. The van der Waals surface area contributed by atoms with Crippen LogP contribution in [-0.2, 0) is 9.59 Å². The molecule has 10 heteroatoms. The van der Waals surface area contributed by atoms with Crippen molar-refractivity contribution in [2.45, 2.75) is 57.5 Å². The number of alkyl halides is 3. The summed E-state index contributed by atoms with van der Waals surface area (Å²) in [6.07, 6.45) is -2.20. The lowest BCUT2D eigenvalue weighted by Gasteiger charge is -2.47. The Morgan fingerprint density at radius 3 is 2.42 bits per heavy atom. The van der Waals surface area contributed by atoms with Crippen molar-refractivity contribution in [2.75, 3.05) is 11.4 Å². The van der Waals surface area contributed by atoms with Crippen molar-refractivity contribution in [1.82, 2.24) is 4.90 Å². The third-order valence-electron chi connectivity index (χ3n) is 6.87. The molecule has 0 radical (unpaired) electrons. The number of carboxylic acids is 1. The van der Waals surface area contributed by atoms with Crippen molar-refractivity contribution in [3.05, 3.63) is 59.7 Å². The van der Waals surface area contributed by atoms with Crippen molar-refractivity contribution in [3.8, 4) is 5.75 Å². The molecule has 2 aromatic rings. The summed E-state index contributed by atoms with van der Waals surface area (Å²) in [7, 11) is 0. The fraction of sp³-hybridized carbons (Fsp3) is 0.423. The van der Waals surface area contributed by atoms with Crippen LogP contribution in [0, 0.1) is 5.92 Å². The average Bonchev–Trinajstić information content (AvgIpc) is 3.28. The summed E-state index contributed by atoms with van der Waals surface area (Å²) >= 11 is 0. The first-order valence-corrected chi connectivity index (χ1v) is 11.8. The Kier molecular flexibility index (Phi) is 7.23. The SMILES string of the molecule is CC(=O)N(CCCC(=O)O)C1c2ccccc2N(C(=O)c2ccc(OC(F)(F)F)cc2)C2CCCC12. The molecule has 2 aromatic carbocycles. The molecule has 3 atom stereocenters. The van der Waals surface area contributed by atoms with E-state index in [1.165, 1.54) is 19.1 Å². The van der Waals surface area contributed by atoms with Crippen LogP contribution < -0.4 is 9.64 Å². The van der Waals surface area contributed by atoms with Crippen molar-refractivity contribution in [3.63, 3.8) is 0 Å². The average molecular weight is 505 g/mol. The molecular formula is C26H27F3N2O5. The van der Waals surface area contributed by atoms with Crippen LogP contribution in [0.2, 0.25) is 0 Å². The second kappa shape index (κ2) is 10.2. The molecule has 0 aromatic heterocycles. The number of benzene rings is 2. The molecule has 1 heterocycles. The van der Waals surface area contributed by atoms with Gasteiger partial charge in [0.05, 0.1) is 6.04 Å². The quantitative estimate of drug-likeness (QED) is 0.562. The molecule has 36 heavy (non-hydrogen) atoms. The Hall–Kier alpha value is -3.56. The summed E-state index contributed by atoms with van der Waals surface area (Å²) in [6.45, 7) is 1.76. The van der Waals surface area contributed by atoms with Gasteiger partial charge in [-0.1, -0.05) is 24.6 Å². The maximum Gasteiger partial charge on any atom is 0.573 e. The number of carbonyl (C=O) groups excluding carboxylic acids is 2. The molecule has 0 saturated heterocycles. The molecule has 0 bridgehead atoms. The number of ether oxygens (including phenoxy) is 1. The summed E-state index contributed by atoms with van der Waals surface area (Å²) in [5.41, 5.74) is 1.68. The van der Waals surface area contributed by atoms with E-state index in [0.717, 1.165) is 37.0 Å². The Labute approximate surface area is 206 Å². The number of aliphatic carboxylic acids is 1. The van der Waals surface area contributed by atoms with Gasteiger partial charge in [0.1, 0.15) is 5.75 Å². The molecule has 192 valence electrons. The number of amides is 2. The van der Waals surface area contributed by atoms with Crippen molar-refractivity contribution >= 4 is 23.5 Å². The van der Waals surface area contributed by atoms with Crippen LogP contribution in [0.4, 0.5) is 18.9 Å². The first kappa shape index (κ1) is 25.5. The molecule has 3 unspecified atom stereocenters. The summed E-state index contributed by atoms with van der Waals surface area (Å²) in [5, 5.41) is 9.05. The molecular weight excluding hydrogens is 477 g/mol. The van der Waals surface area contributed by atoms with Gasteiger partial charge in [-0.15, -0.1) is 13.2 Å². The van der Waals surface area contributed by atoms with Gasteiger partial charge in [0, 0.05) is 43.1 Å². The predicted molar refractivity (Wildman–Crippen MR) is 125 cm³/mol. The smallest absolute Gasteiger partial charge is 0.481 e. The third-order valence-corrected chi connectivity index (χ3v) is 6.87. The maximum absolute atomic E-state index is 13.7. The van der Waals surface area contributed by atoms with Gasteiger partial charge < -0.3 is 19.6 Å². The summed E-state index contributed by atoms with van der Waals surface area (Å²) in [6, 6.07) is 11.7. The van der Waals surface area contributed by atoms with Crippen LogP contribution in [0.25, 0.3) is 0 Å². The van der Waals surface area contributed by atoms with E-state index in [2.05, 4.69) is 4.74 Å². The maximum atomic E-state index is 13.7. The highest BCUT2D eigenvalue weighted by atomic mass is 19.4. The third kappa shape index (κ3) is 5.32. The Morgan fingerprint density at radius 2 is 1.78 bits per heavy atom. The number of hydrogen-bond donors (Lipinski definition) is 1.